The number of esters is 1. The van der Waals surface area contributed by atoms with Crippen molar-refractivity contribution in [3.8, 4) is 5.75 Å². The molecule has 28 heavy (non-hydrogen) atoms. The fourth-order valence-corrected chi connectivity index (χ4v) is 2.26. The summed E-state index contributed by atoms with van der Waals surface area (Å²) in [6.45, 7) is 1.46. The Balaban J connectivity index is 1.91. The Bertz CT molecular complexity index is 833. The molecule has 0 aliphatic rings. The van der Waals surface area contributed by atoms with Crippen LogP contribution in [-0.2, 0) is 14.3 Å². The molecule has 0 unspecified atom stereocenters. The number of carbonyl (C=O) groups excluding carboxylic acids is 2. The van der Waals surface area contributed by atoms with Crippen LogP contribution in [0.2, 0.25) is 0 Å². The van der Waals surface area contributed by atoms with E-state index < -0.39 is 24.3 Å². The number of alkyl halides is 3. The molecular weight excluding hydrogens is 375 g/mol. The number of hydrogen-bond acceptors (Lipinski definition) is 4. The van der Waals surface area contributed by atoms with E-state index in [0.29, 0.717) is 11.3 Å². The number of para-hydroxylation sites is 1. The molecule has 0 radical (unpaired) electrons. The summed E-state index contributed by atoms with van der Waals surface area (Å²) in [5.41, 5.74) is 1.12. The van der Waals surface area contributed by atoms with Gasteiger partial charge in [-0.25, -0.2) is 4.79 Å². The number of ether oxygens (including phenoxy) is 2. The van der Waals surface area contributed by atoms with Gasteiger partial charge in [0.25, 0.3) is 5.91 Å². The number of hydrogen-bond donors (Lipinski definition) is 0. The van der Waals surface area contributed by atoms with E-state index in [4.69, 9.17) is 4.74 Å². The molecule has 0 saturated heterocycles. The average molecular weight is 393 g/mol. The normalized spacial score (nSPS) is 12.5. The number of benzene rings is 2. The third-order valence-electron chi connectivity index (χ3n) is 3.64. The maximum Gasteiger partial charge on any atom is 0.573 e. The molecule has 0 aliphatic heterocycles. The van der Waals surface area contributed by atoms with Crippen molar-refractivity contribution in [3.05, 3.63) is 66.2 Å². The first-order valence-electron chi connectivity index (χ1n) is 8.23. The van der Waals surface area contributed by atoms with E-state index >= 15 is 0 Å². The lowest BCUT2D eigenvalue weighted by Crippen LogP contribution is -2.37. The lowest BCUT2D eigenvalue weighted by Gasteiger charge is -2.21. The second kappa shape index (κ2) is 9.07. The standard InChI is InChI=1S/C20H18F3NO4/c1-14(19(26)24(2)16-6-4-3-5-7-16)27-18(25)13-10-15-8-11-17(12-9-15)28-20(21,22)23/h3-14H,1-2H3/b13-10+/t14-/m1/s1. The first-order chi connectivity index (χ1) is 13.2. The number of halogens is 3. The summed E-state index contributed by atoms with van der Waals surface area (Å²) in [4.78, 5) is 25.6. The molecule has 0 aliphatic carbocycles. The fraction of sp³-hybridized carbons (Fsp3) is 0.200. The van der Waals surface area contributed by atoms with Gasteiger partial charge in [0, 0.05) is 18.8 Å². The predicted octanol–water partition coefficient (Wildman–Crippen LogP) is 4.19. The maximum atomic E-state index is 12.3. The molecule has 8 heteroatoms. The molecule has 0 N–H and O–H groups in total. The Morgan fingerprint density at radius 1 is 1.04 bits per heavy atom. The zero-order chi connectivity index (χ0) is 20.7. The molecular formula is C20H18F3NO4. The van der Waals surface area contributed by atoms with E-state index in [1.807, 2.05) is 6.07 Å². The summed E-state index contributed by atoms with van der Waals surface area (Å²) >= 11 is 0. The first-order valence-corrected chi connectivity index (χ1v) is 8.23. The Hall–Kier alpha value is -3.29. The second-order valence-corrected chi connectivity index (χ2v) is 5.76. The van der Waals surface area contributed by atoms with Gasteiger partial charge in [0.1, 0.15) is 5.75 Å². The van der Waals surface area contributed by atoms with E-state index in [2.05, 4.69) is 4.74 Å². The molecule has 2 aromatic rings. The minimum Gasteiger partial charge on any atom is -0.449 e. The Kier molecular flexibility index (Phi) is 6.81. The van der Waals surface area contributed by atoms with E-state index in [-0.39, 0.29) is 5.75 Å². The second-order valence-electron chi connectivity index (χ2n) is 5.76. The maximum absolute atomic E-state index is 12.3. The zero-order valence-electron chi connectivity index (χ0n) is 15.1. The van der Waals surface area contributed by atoms with Crippen LogP contribution in [0.1, 0.15) is 12.5 Å². The molecule has 148 valence electrons. The van der Waals surface area contributed by atoms with Gasteiger partial charge < -0.3 is 14.4 Å². The number of amides is 1. The van der Waals surface area contributed by atoms with Gasteiger partial charge in [0.05, 0.1) is 0 Å². The molecule has 2 aromatic carbocycles. The van der Waals surface area contributed by atoms with E-state index in [9.17, 15) is 22.8 Å². The van der Waals surface area contributed by atoms with Crippen molar-refractivity contribution in [2.75, 3.05) is 11.9 Å². The number of rotatable bonds is 6. The van der Waals surface area contributed by atoms with Crippen LogP contribution in [0.3, 0.4) is 0 Å². The number of anilines is 1. The molecule has 0 spiro atoms. The smallest absolute Gasteiger partial charge is 0.449 e. The van der Waals surface area contributed by atoms with Crippen molar-refractivity contribution in [2.45, 2.75) is 19.4 Å². The number of likely N-dealkylation sites (N-methyl/N-ethyl adjacent to an activating group) is 1. The summed E-state index contributed by atoms with van der Waals surface area (Å²) in [6, 6.07) is 13.8. The van der Waals surface area contributed by atoms with Gasteiger partial charge in [-0.05, 0) is 42.8 Å². The highest BCUT2D eigenvalue weighted by Crippen LogP contribution is 2.23. The quantitative estimate of drug-likeness (QED) is 0.545. The van der Waals surface area contributed by atoms with Crippen molar-refractivity contribution in [3.63, 3.8) is 0 Å². The van der Waals surface area contributed by atoms with Gasteiger partial charge in [-0.3, -0.25) is 4.79 Å². The SMILES string of the molecule is C[C@@H](OC(=O)/C=C/c1ccc(OC(F)(F)F)cc1)C(=O)N(C)c1ccccc1. The topological polar surface area (TPSA) is 55.8 Å². The van der Waals surface area contributed by atoms with Crippen LogP contribution in [0.4, 0.5) is 18.9 Å². The van der Waals surface area contributed by atoms with Gasteiger partial charge >= 0.3 is 12.3 Å². The van der Waals surface area contributed by atoms with Gasteiger partial charge in [0.2, 0.25) is 0 Å². The fourth-order valence-electron chi connectivity index (χ4n) is 2.26. The van der Waals surface area contributed by atoms with Gasteiger partial charge in [-0.2, -0.15) is 0 Å². The van der Waals surface area contributed by atoms with Crippen molar-refractivity contribution < 1.29 is 32.2 Å². The van der Waals surface area contributed by atoms with Crippen LogP contribution in [0.15, 0.2) is 60.7 Å². The Morgan fingerprint density at radius 2 is 1.64 bits per heavy atom. The lowest BCUT2D eigenvalue weighted by molar-refractivity contribution is -0.274. The third-order valence-corrected chi connectivity index (χ3v) is 3.64. The molecule has 0 aromatic heterocycles. The van der Waals surface area contributed by atoms with Crippen LogP contribution < -0.4 is 9.64 Å². The molecule has 2 rings (SSSR count). The van der Waals surface area contributed by atoms with Crippen molar-refractivity contribution in [1.29, 1.82) is 0 Å². The van der Waals surface area contributed by atoms with Crippen molar-refractivity contribution in [1.82, 2.24) is 0 Å². The first kappa shape index (κ1) is 21.0. The highest BCUT2D eigenvalue weighted by molar-refractivity contribution is 5.98. The van der Waals surface area contributed by atoms with Crippen molar-refractivity contribution >= 4 is 23.6 Å². The molecule has 5 nitrogen and oxygen atoms in total. The van der Waals surface area contributed by atoms with Gasteiger partial charge in [-0.1, -0.05) is 30.3 Å². The summed E-state index contributed by atoms with van der Waals surface area (Å²) in [5.74, 6) is -1.52. The van der Waals surface area contributed by atoms with Gasteiger partial charge in [-0.15, -0.1) is 13.2 Å². The monoisotopic (exact) mass is 393 g/mol. The molecule has 0 saturated carbocycles. The highest BCUT2D eigenvalue weighted by atomic mass is 19.4. The summed E-state index contributed by atoms with van der Waals surface area (Å²) in [5, 5.41) is 0. The minimum atomic E-state index is -4.77. The number of carbonyl (C=O) groups is 2. The van der Waals surface area contributed by atoms with Crippen molar-refractivity contribution in [2.24, 2.45) is 0 Å². The minimum absolute atomic E-state index is 0.365. The molecule has 1 amide bonds. The summed E-state index contributed by atoms with van der Waals surface area (Å²) < 4.78 is 45.2. The van der Waals surface area contributed by atoms with E-state index in [0.717, 1.165) is 18.2 Å². The zero-order valence-corrected chi connectivity index (χ0v) is 15.1. The van der Waals surface area contributed by atoms with E-state index in [1.54, 1.807) is 31.3 Å². The lowest BCUT2D eigenvalue weighted by atomic mass is 10.2. The van der Waals surface area contributed by atoms with Crippen LogP contribution in [0, 0.1) is 0 Å². The molecule has 0 bridgehead atoms. The van der Waals surface area contributed by atoms with Crippen LogP contribution in [0.25, 0.3) is 6.08 Å². The van der Waals surface area contributed by atoms with E-state index in [1.165, 1.54) is 30.0 Å². The van der Waals surface area contributed by atoms with Crippen LogP contribution >= 0.6 is 0 Å². The predicted molar refractivity (Wildman–Crippen MR) is 97.6 cm³/mol. The molecule has 1 atom stereocenters. The largest absolute Gasteiger partial charge is 0.573 e. The summed E-state index contributed by atoms with van der Waals surface area (Å²) in [6.07, 6.45) is -3.33. The van der Waals surface area contributed by atoms with Gasteiger partial charge in [0.15, 0.2) is 6.10 Å². The highest BCUT2D eigenvalue weighted by Gasteiger charge is 2.30. The molecule has 0 fully saturated rings. The average Bonchev–Trinajstić information content (AvgIpc) is 2.65. The third kappa shape index (κ3) is 6.46. The van der Waals surface area contributed by atoms with Crippen LogP contribution in [-0.4, -0.2) is 31.4 Å². The van der Waals surface area contributed by atoms with Crippen LogP contribution in [0.5, 0.6) is 5.75 Å². The Morgan fingerprint density at radius 3 is 2.21 bits per heavy atom. The number of nitrogens with zero attached hydrogens (tertiary/aromatic N) is 1. The summed E-state index contributed by atoms with van der Waals surface area (Å²) in [7, 11) is 1.57. The molecule has 0 heterocycles. The Labute approximate surface area is 160 Å².